The second kappa shape index (κ2) is 10.5. The normalized spacial score (nSPS) is 11.6. The number of urea groups is 1. The van der Waals surface area contributed by atoms with E-state index in [-0.39, 0.29) is 6.54 Å². The van der Waals surface area contributed by atoms with E-state index < -0.39 is 62.7 Å². The van der Waals surface area contributed by atoms with Crippen molar-refractivity contribution in [1.29, 1.82) is 0 Å². The van der Waals surface area contributed by atoms with E-state index in [0.717, 1.165) is 6.07 Å². The highest BCUT2D eigenvalue weighted by Crippen LogP contribution is 2.33. The van der Waals surface area contributed by atoms with Crippen LogP contribution in [-0.2, 0) is 37.1 Å². The lowest BCUT2D eigenvalue weighted by atomic mass is 10.2. The maximum absolute atomic E-state index is 12.8. The quantitative estimate of drug-likeness (QED) is 0.472. The molecular formula is C17H15ClF3N3O7S. The van der Waals surface area contributed by atoms with Gasteiger partial charge in [0.05, 0.1) is 23.4 Å². The summed E-state index contributed by atoms with van der Waals surface area (Å²) in [6.45, 7) is -1.93. The van der Waals surface area contributed by atoms with Gasteiger partial charge in [0.2, 0.25) is 10.0 Å². The highest BCUT2D eigenvalue weighted by Gasteiger charge is 2.32. The summed E-state index contributed by atoms with van der Waals surface area (Å²) < 4.78 is 73.9. The van der Waals surface area contributed by atoms with Gasteiger partial charge in [0.25, 0.3) is 5.91 Å². The Morgan fingerprint density at radius 2 is 1.88 bits per heavy atom. The lowest BCUT2D eigenvalue weighted by Crippen LogP contribution is -2.41. The third kappa shape index (κ3) is 7.55. The fourth-order valence-corrected chi connectivity index (χ4v) is 3.59. The SMILES string of the molecule is O=C(COC(=O)CNS(=O)(=O)c1cc(C(F)(F)F)ccc1Cl)NC(=O)NCc1ccco1. The number of ether oxygens (including phenoxy) is 1. The molecule has 3 N–H and O–H groups in total. The molecule has 32 heavy (non-hydrogen) atoms. The van der Waals surface area contributed by atoms with E-state index in [9.17, 15) is 36.0 Å². The fourth-order valence-electron chi connectivity index (χ4n) is 2.10. The Kier molecular flexibility index (Phi) is 8.24. The fraction of sp³-hybridized carbons (Fsp3) is 0.235. The zero-order chi connectivity index (χ0) is 23.9. The summed E-state index contributed by atoms with van der Waals surface area (Å²) in [6.07, 6.45) is -3.43. The van der Waals surface area contributed by atoms with Gasteiger partial charge in [-0.1, -0.05) is 11.6 Å². The molecule has 10 nitrogen and oxygen atoms in total. The lowest BCUT2D eigenvalue weighted by Gasteiger charge is -2.12. The summed E-state index contributed by atoms with van der Waals surface area (Å²) in [5.74, 6) is -1.82. The van der Waals surface area contributed by atoms with E-state index in [1.165, 1.54) is 6.26 Å². The molecule has 0 atom stereocenters. The summed E-state index contributed by atoms with van der Waals surface area (Å²) >= 11 is 5.66. The van der Waals surface area contributed by atoms with Crippen LogP contribution in [0, 0.1) is 0 Å². The highest BCUT2D eigenvalue weighted by molar-refractivity contribution is 7.89. The van der Waals surface area contributed by atoms with Crippen LogP contribution >= 0.6 is 11.6 Å². The van der Waals surface area contributed by atoms with E-state index in [0.29, 0.717) is 17.9 Å². The van der Waals surface area contributed by atoms with E-state index in [1.54, 1.807) is 16.9 Å². The van der Waals surface area contributed by atoms with Gasteiger partial charge in [0.15, 0.2) is 6.61 Å². The highest BCUT2D eigenvalue weighted by atomic mass is 35.5. The number of amides is 3. The van der Waals surface area contributed by atoms with Gasteiger partial charge in [-0.25, -0.2) is 13.2 Å². The Balaban J connectivity index is 1.82. The number of carbonyl (C=O) groups is 3. The number of hydrogen-bond donors (Lipinski definition) is 3. The number of alkyl halides is 3. The summed E-state index contributed by atoms with van der Waals surface area (Å²) in [6, 6.07) is 3.93. The van der Waals surface area contributed by atoms with Gasteiger partial charge in [-0.05, 0) is 30.3 Å². The summed E-state index contributed by atoms with van der Waals surface area (Å²) in [5, 5.41) is 3.65. The van der Waals surface area contributed by atoms with Gasteiger partial charge in [0.1, 0.15) is 17.2 Å². The van der Waals surface area contributed by atoms with Gasteiger partial charge < -0.3 is 14.5 Å². The zero-order valence-electron chi connectivity index (χ0n) is 15.9. The number of carbonyl (C=O) groups excluding carboxylic acids is 3. The summed E-state index contributed by atoms with van der Waals surface area (Å²) in [4.78, 5) is 33.9. The molecule has 15 heteroatoms. The summed E-state index contributed by atoms with van der Waals surface area (Å²) in [5.41, 5.74) is -1.26. The molecule has 1 heterocycles. The van der Waals surface area contributed by atoms with Crippen molar-refractivity contribution < 1.29 is 45.1 Å². The van der Waals surface area contributed by atoms with Crippen molar-refractivity contribution in [2.75, 3.05) is 13.2 Å². The second-order valence-corrected chi connectivity index (χ2v) is 8.08. The maximum atomic E-state index is 12.8. The topological polar surface area (TPSA) is 144 Å². The van der Waals surface area contributed by atoms with Crippen molar-refractivity contribution in [2.45, 2.75) is 17.6 Å². The molecular weight excluding hydrogens is 483 g/mol. The van der Waals surface area contributed by atoms with Crippen LogP contribution in [0.4, 0.5) is 18.0 Å². The average molecular weight is 498 g/mol. The molecule has 1 aromatic heterocycles. The van der Waals surface area contributed by atoms with Crippen LogP contribution in [0.3, 0.4) is 0 Å². The van der Waals surface area contributed by atoms with Gasteiger partial charge in [-0.2, -0.15) is 17.9 Å². The monoisotopic (exact) mass is 497 g/mol. The molecule has 1 aromatic carbocycles. The molecule has 0 spiro atoms. The molecule has 0 unspecified atom stereocenters. The van der Waals surface area contributed by atoms with Crippen LogP contribution in [-0.4, -0.2) is 39.5 Å². The van der Waals surface area contributed by atoms with Crippen LogP contribution in [0.25, 0.3) is 0 Å². The van der Waals surface area contributed by atoms with Gasteiger partial charge >= 0.3 is 18.2 Å². The number of sulfonamides is 1. The lowest BCUT2D eigenvalue weighted by molar-refractivity contribution is -0.147. The first-order chi connectivity index (χ1) is 14.9. The number of rotatable bonds is 8. The minimum Gasteiger partial charge on any atom is -0.467 e. The Morgan fingerprint density at radius 1 is 1.16 bits per heavy atom. The molecule has 2 aromatic rings. The number of imide groups is 1. The minimum absolute atomic E-state index is 0.00816. The third-order valence-corrected chi connectivity index (χ3v) is 5.46. The summed E-state index contributed by atoms with van der Waals surface area (Å²) in [7, 11) is -4.61. The standard InChI is InChI=1S/C17H15ClF3N3O7S/c18-12-4-3-10(17(19,20)21)6-13(12)32(28,29)23-8-15(26)31-9-14(25)24-16(27)22-7-11-2-1-5-30-11/h1-6,23H,7-9H2,(H2,22,24,25,27). The van der Waals surface area contributed by atoms with Crippen LogP contribution in [0.15, 0.2) is 45.9 Å². The number of esters is 1. The molecule has 0 aliphatic rings. The molecule has 0 bridgehead atoms. The van der Waals surface area contributed by atoms with Crippen LogP contribution in [0.5, 0.6) is 0 Å². The van der Waals surface area contributed by atoms with Crippen molar-refractivity contribution in [3.63, 3.8) is 0 Å². The Bertz CT molecular complexity index is 1090. The first-order valence-electron chi connectivity index (χ1n) is 8.50. The number of benzene rings is 1. The molecule has 0 aliphatic heterocycles. The van der Waals surface area contributed by atoms with Gasteiger partial charge in [-0.3, -0.25) is 14.9 Å². The number of furan rings is 1. The molecule has 0 saturated carbocycles. The first-order valence-corrected chi connectivity index (χ1v) is 10.4. The largest absolute Gasteiger partial charge is 0.467 e. The van der Waals surface area contributed by atoms with E-state index in [1.807, 2.05) is 5.32 Å². The molecule has 0 saturated heterocycles. The van der Waals surface area contributed by atoms with Crippen LogP contribution < -0.4 is 15.4 Å². The third-order valence-electron chi connectivity index (χ3n) is 3.58. The predicted molar refractivity (Wildman–Crippen MR) is 102 cm³/mol. The molecule has 2 rings (SSSR count). The zero-order valence-corrected chi connectivity index (χ0v) is 17.4. The first kappa shape index (κ1) is 25.2. The van der Waals surface area contributed by atoms with Crippen molar-refractivity contribution in [2.24, 2.45) is 0 Å². The van der Waals surface area contributed by atoms with Crippen LogP contribution in [0.1, 0.15) is 11.3 Å². The maximum Gasteiger partial charge on any atom is 0.416 e. The molecule has 0 fully saturated rings. The Labute approximate surface area is 184 Å². The molecule has 174 valence electrons. The van der Waals surface area contributed by atoms with Crippen molar-refractivity contribution in [1.82, 2.24) is 15.4 Å². The molecule has 0 radical (unpaired) electrons. The van der Waals surface area contributed by atoms with E-state index in [2.05, 4.69) is 10.1 Å². The van der Waals surface area contributed by atoms with E-state index in [4.69, 9.17) is 16.0 Å². The van der Waals surface area contributed by atoms with Crippen molar-refractivity contribution in [3.05, 3.63) is 52.9 Å². The number of hydrogen-bond acceptors (Lipinski definition) is 7. The van der Waals surface area contributed by atoms with Gasteiger partial charge in [0, 0.05) is 0 Å². The molecule has 3 amide bonds. The van der Waals surface area contributed by atoms with Crippen molar-refractivity contribution >= 4 is 39.5 Å². The average Bonchev–Trinajstić information content (AvgIpc) is 3.22. The number of halogens is 4. The smallest absolute Gasteiger partial charge is 0.416 e. The van der Waals surface area contributed by atoms with E-state index >= 15 is 0 Å². The van der Waals surface area contributed by atoms with Gasteiger partial charge in [-0.15, -0.1) is 0 Å². The minimum atomic E-state index is -4.81. The van der Waals surface area contributed by atoms with Crippen LogP contribution in [0.2, 0.25) is 5.02 Å². The predicted octanol–water partition coefficient (Wildman–Crippen LogP) is 1.80. The Hall–Kier alpha value is -3.10. The Morgan fingerprint density at radius 3 is 2.50 bits per heavy atom. The number of nitrogens with one attached hydrogen (secondary N) is 3. The second-order valence-electron chi connectivity index (χ2n) is 5.94. The molecule has 0 aliphatic carbocycles. The van der Waals surface area contributed by atoms with Crippen molar-refractivity contribution in [3.8, 4) is 0 Å².